The van der Waals surface area contributed by atoms with Crippen molar-refractivity contribution in [1.82, 2.24) is 0 Å². The molecule has 0 saturated carbocycles. The highest BCUT2D eigenvalue weighted by Gasteiger charge is 2.21. The highest BCUT2D eigenvalue weighted by molar-refractivity contribution is 9.10. The molecule has 0 aliphatic heterocycles. The van der Waals surface area contributed by atoms with Crippen molar-refractivity contribution in [1.29, 1.82) is 0 Å². The Morgan fingerprint density at radius 2 is 1.88 bits per heavy atom. The van der Waals surface area contributed by atoms with Crippen LogP contribution in [0.15, 0.2) is 33.9 Å². The van der Waals surface area contributed by atoms with Gasteiger partial charge in [0, 0.05) is 21.2 Å². The monoisotopic (exact) mass is 461 g/mol. The Morgan fingerprint density at radius 3 is 2.38 bits per heavy atom. The van der Waals surface area contributed by atoms with Gasteiger partial charge in [0.25, 0.3) is 0 Å². The number of rotatable bonds is 4. The number of carboxylic acid groups (broad SMARTS) is 1. The van der Waals surface area contributed by atoms with E-state index in [9.17, 15) is 9.59 Å². The smallest absolute Gasteiger partial charge is 0.437 e. The Labute approximate surface area is 167 Å². The number of carbonyl (C=O) groups excluding carboxylic acids is 1. The average molecular weight is 463 g/mol. The number of nitrogens with zero attached hydrogens (tertiary/aromatic N) is 1. The lowest BCUT2D eigenvalue weighted by Crippen LogP contribution is -2.18. The Bertz CT molecular complexity index is 822. The van der Waals surface area contributed by atoms with Gasteiger partial charge in [0.1, 0.15) is 4.88 Å². The minimum absolute atomic E-state index is 0.0891. The number of amidine groups is 1. The minimum Gasteiger partial charge on any atom is -0.477 e. The third kappa shape index (κ3) is 5.72. The number of benzene rings is 1. The van der Waals surface area contributed by atoms with Crippen LogP contribution in [0.1, 0.15) is 34.0 Å². The van der Waals surface area contributed by atoms with Crippen molar-refractivity contribution >= 4 is 62.5 Å². The summed E-state index contributed by atoms with van der Waals surface area (Å²) in [5.41, 5.74) is 6.63. The highest BCUT2D eigenvalue weighted by Crippen LogP contribution is 2.32. The highest BCUT2D eigenvalue weighted by atomic mass is 79.9. The summed E-state index contributed by atoms with van der Waals surface area (Å²) in [6.07, 6.45) is -0.845. The molecule has 1 aromatic carbocycles. The Morgan fingerprint density at radius 1 is 1.31 bits per heavy atom. The molecule has 7 nitrogen and oxygen atoms in total. The van der Waals surface area contributed by atoms with E-state index in [1.165, 1.54) is 0 Å². The predicted molar refractivity (Wildman–Crippen MR) is 107 cm³/mol. The van der Waals surface area contributed by atoms with Crippen molar-refractivity contribution in [3.05, 3.63) is 49.1 Å². The zero-order valence-electron chi connectivity index (χ0n) is 14.2. The van der Waals surface area contributed by atoms with E-state index < -0.39 is 12.1 Å². The van der Waals surface area contributed by atoms with Crippen LogP contribution < -0.4 is 11.1 Å². The average Bonchev–Trinajstić information content (AvgIpc) is 2.91. The summed E-state index contributed by atoms with van der Waals surface area (Å²) in [6.45, 7) is 5.69. The van der Waals surface area contributed by atoms with Gasteiger partial charge < -0.3 is 10.8 Å². The Balaban J connectivity index is 0.00000163. The molecule has 0 fully saturated rings. The standard InChI is InChI=1S/C14H11BrClN3O4S.C2H6/c1-6-9(10(15)11(24-6)13(20)21)12(17)19-23-14(22)18-8-4-2-7(16)3-5-8;1-2/h2-5H,1H3,(H2,17,19)(H,18,22)(H,20,21);1-2H3. The van der Waals surface area contributed by atoms with Gasteiger partial charge in [0.05, 0.1) is 4.47 Å². The van der Waals surface area contributed by atoms with Gasteiger partial charge in [-0.15, -0.1) is 11.3 Å². The van der Waals surface area contributed by atoms with E-state index in [1.54, 1.807) is 31.2 Å². The number of anilines is 1. The molecule has 10 heteroatoms. The van der Waals surface area contributed by atoms with Crippen molar-refractivity contribution in [2.45, 2.75) is 20.8 Å². The molecule has 1 heterocycles. The second-order valence-electron chi connectivity index (χ2n) is 4.47. The van der Waals surface area contributed by atoms with Crippen LogP contribution in [0, 0.1) is 6.92 Å². The maximum Gasteiger partial charge on any atom is 0.437 e. The van der Waals surface area contributed by atoms with Gasteiger partial charge in [-0.3, -0.25) is 10.2 Å². The number of oxime groups is 1. The van der Waals surface area contributed by atoms with Crippen LogP contribution in [-0.2, 0) is 4.84 Å². The lowest BCUT2D eigenvalue weighted by Gasteiger charge is -2.04. The van der Waals surface area contributed by atoms with Gasteiger partial charge in [0.2, 0.25) is 0 Å². The SMILES string of the molecule is CC.Cc1sc(C(=O)O)c(Br)c1/C(N)=N\OC(=O)Nc1ccc(Cl)cc1. The molecule has 0 aliphatic carbocycles. The molecule has 0 radical (unpaired) electrons. The van der Waals surface area contributed by atoms with Crippen LogP contribution in [0.3, 0.4) is 0 Å². The van der Waals surface area contributed by atoms with E-state index in [4.69, 9.17) is 22.4 Å². The van der Waals surface area contributed by atoms with Crippen LogP contribution in [0.5, 0.6) is 0 Å². The number of aromatic carboxylic acids is 1. The molecule has 0 saturated heterocycles. The van der Waals surface area contributed by atoms with E-state index in [-0.39, 0.29) is 10.7 Å². The molecular weight excluding hydrogens is 446 g/mol. The number of carboxylic acids is 1. The number of halogens is 2. The second kappa shape index (κ2) is 10.1. The van der Waals surface area contributed by atoms with Crippen molar-refractivity contribution in [2.75, 3.05) is 5.32 Å². The summed E-state index contributed by atoms with van der Waals surface area (Å²) in [5, 5.41) is 15.6. The van der Waals surface area contributed by atoms with Crippen molar-refractivity contribution in [3.63, 3.8) is 0 Å². The van der Waals surface area contributed by atoms with E-state index in [0.717, 1.165) is 11.3 Å². The first-order valence-corrected chi connectivity index (χ1v) is 9.38. The van der Waals surface area contributed by atoms with Crippen molar-refractivity contribution < 1.29 is 19.5 Å². The number of carbonyl (C=O) groups is 2. The van der Waals surface area contributed by atoms with Crippen LogP contribution in [-0.4, -0.2) is 23.0 Å². The lowest BCUT2D eigenvalue weighted by molar-refractivity contribution is 0.0701. The first-order chi connectivity index (χ1) is 12.3. The van der Waals surface area contributed by atoms with Gasteiger partial charge in [-0.25, -0.2) is 9.59 Å². The van der Waals surface area contributed by atoms with E-state index in [1.807, 2.05) is 13.8 Å². The number of hydrogen-bond acceptors (Lipinski definition) is 5. The van der Waals surface area contributed by atoms with Gasteiger partial charge in [-0.2, -0.15) is 0 Å². The first-order valence-electron chi connectivity index (χ1n) is 7.39. The summed E-state index contributed by atoms with van der Waals surface area (Å²) < 4.78 is 0.292. The van der Waals surface area contributed by atoms with E-state index in [0.29, 0.717) is 25.6 Å². The zero-order chi connectivity index (χ0) is 19.9. The second-order valence-corrected chi connectivity index (χ2v) is 6.92. The molecule has 0 spiro atoms. The normalized spacial score (nSPS) is 10.6. The Hall–Kier alpha value is -2.10. The van der Waals surface area contributed by atoms with E-state index in [2.05, 4.69) is 31.2 Å². The summed E-state index contributed by atoms with van der Waals surface area (Å²) in [5.74, 6) is -1.20. The summed E-state index contributed by atoms with van der Waals surface area (Å²) in [6, 6.07) is 6.40. The molecule has 4 N–H and O–H groups in total. The van der Waals surface area contributed by atoms with Gasteiger partial charge in [0.15, 0.2) is 5.84 Å². The van der Waals surface area contributed by atoms with Crippen LogP contribution in [0.4, 0.5) is 10.5 Å². The topological polar surface area (TPSA) is 114 Å². The van der Waals surface area contributed by atoms with Gasteiger partial charge in [-0.1, -0.05) is 30.6 Å². The maximum atomic E-state index is 11.7. The maximum absolute atomic E-state index is 11.7. The van der Waals surface area contributed by atoms with E-state index >= 15 is 0 Å². The summed E-state index contributed by atoms with van der Waals surface area (Å²) >= 11 is 9.96. The van der Waals surface area contributed by atoms with Crippen LogP contribution in [0.25, 0.3) is 0 Å². The number of amides is 1. The molecule has 140 valence electrons. The first kappa shape index (κ1) is 21.9. The van der Waals surface area contributed by atoms with Gasteiger partial charge in [-0.05, 0) is 47.1 Å². The largest absolute Gasteiger partial charge is 0.477 e. The molecule has 0 atom stereocenters. The quantitative estimate of drug-likeness (QED) is 0.254. The lowest BCUT2D eigenvalue weighted by atomic mass is 10.2. The molecule has 1 amide bonds. The molecule has 2 aromatic rings. The molecule has 0 unspecified atom stereocenters. The number of nitrogens with two attached hydrogens (primary N) is 1. The third-order valence-electron chi connectivity index (χ3n) is 2.79. The number of thiophene rings is 1. The molecular formula is C16H17BrClN3O4S. The summed E-state index contributed by atoms with van der Waals surface area (Å²) in [4.78, 5) is 28.2. The van der Waals surface area contributed by atoms with Crippen molar-refractivity contribution in [2.24, 2.45) is 10.9 Å². The molecule has 2 rings (SSSR count). The molecule has 1 aromatic heterocycles. The number of nitrogens with one attached hydrogen (secondary N) is 1. The molecule has 26 heavy (non-hydrogen) atoms. The zero-order valence-corrected chi connectivity index (χ0v) is 17.3. The number of hydrogen-bond donors (Lipinski definition) is 3. The molecule has 0 aliphatic rings. The Kier molecular flexibility index (Phi) is 8.56. The third-order valence-corrected chi connectivity index (χ3v) is 5.19. The minimum atomic E-state index is -1.09. The fourth-order valence-electron chi connectivity index (χ4n) is 1.76. The predicted octanol–water partition coefficient (Wildman–Crippen LogP) is 5.07. The fourth-order valence-corrected chi connectivity index (χ4v) is 3.82. The summed E-state index contributed by atoms with van der Waals surface area (Å²) in [7, 11) is 0. The van der Waals surface area contributed by atoms with Gasteiger partial charge >= 0.3 is 12.1 Å². The van der Waals surface area contributed by atoms with Crippen LogP contribution in [0.2, 0.25) is 5.02 Å². The van der Waals surface area contributed by atoms with Crippen LogP contribution >= 0.6 is 38.9 Å². The number of aryl methyl sites for hydroxylation is 1. The molecule has 0 bridgehead atoms. The van der Waals surface area contributed by atoms with Crippen molar-refractivity contribution in [3.8, 4) is 0 Å². The fraction of sp³-hybridized carbons (Fsp3) is 0.188.